The third kappa shape index (κ3) is 6.99. The van der Waals surface area contributed by atoms with E-state index in [9.17, 15) is 4.79 Å². The van der Waals surface area contributed by atoms with Crippen LogP contribution < -0.4 is 10.2 Å². The molecule has 0 fully saturated rings. The highest BCUT2D eigenvalue weighted by atomic mass is 79.9. The third-order valence-corrected chi connectivity index (χ3v) is 7.23. The summed E-state index contributed by atoms with van der Waals surface area (Å²) in [4.78, 5) is 12.2. The van der Waals surface area contributed by atoms with Gasteiger partial charge in [-0.15, -0.1) is 10.2 Å². The maximum Gasteiger partial charge on any atom is 0.250 e. The molecule has 0 radical (unpaired) electrons. The second kappa shape index (κ2) is 11.9. The van der Waals surface area contributed by atoms with Crippen LogP contribution in [0.5, 0.6) is 5.75 Å². The highest BCUT2D eigenvalue weighted by molar-refractivity contribution is 9.10. The van der Waals surface area contributed by atoms with Gasteiger partial charge in [0.25, 0.3) is 5.91 Å². The number of rotatable bonds is 9. The van der Waals surface area contributed by atoms with Gasteiger partial charge in [-0.1, -0.05) is 99.2 Å². The summed E-state index contributed by atoms with van der Waals surface area (Å²) in [6.07, 6.45) is 1.58. The lowest BCUT2D eigenvalue weighted by Crippen LogP contribution is -2.19. The van der Waals surface area contributed by atoms with Gasteiger partial charge >= 0.3 is 0 Å². The first kappa shape index (κ1) is 24.1. The summed E-state index contributed by atoms with van der Waals surface area (Å²) in [7, 11) is 0. The first-order valence-corrected chi connectivity index (χ1v) is 13.0. The van der Waals surface area contributed by atoms with Crippen LogP contribution >= 0.6 is 39.0 Å². The Labute approximate surface area is 214 Å². The molecule has 0 saturated heterocycles. The van der Waals surface area contributed by atoms with Crippen LogP contribution in [0.25, 0.3) is 10.6 Å². The molecular formula is C25H21BrN4O2S2. The summed E-state index contributed by atoms with van der Waals surface area (Å²) in [5.74, 6) is 0.643. The molecule has 4 aromatic rings. The van der Waals surface area contributed by atoms with Crippen LogP contribution in [0.4, 0.5) is 0 Å². The van der Waals surface area contributed by atoms with E-state index in [2.05, 4.69) is 55.7 Å². The molecule has 0 aliphatic heterocycles. The van der Waals surface area contributed by atoms with Crippen LogP contribution in [-0.4, -0.2) is 28.1 Å². The van der Waals surface area contributed by atoms with Crippen LogP contribution in [0.15, 0.2) is 86.7 Å². The van der Waals surface area contributed by atoms with E-state index in [1.807, 2.05) is 60.7 Å². The van der Waals surface area contributed by atoms with Crippen LogP contribution in [0.1, 0.15) is 16.7 Å². The van der Waals surface area contributed by atoms with Crippen molar-refractivity contribution in [2.45, 2.75) is 17.9 Å². The normalized spacial score (nSPS) is 11.0. The highest BCUT2D eigenvalue weighted by Crippen LogP contribution is 2.29. The number of amides is 1. The minimum absolute atomic E-state index is 0.191. The van der Waals surface area contributed by atoms with Gasteiger partial charge in [0.2, 0.25) is 0 Å². The van der Waals surface area contributed by atoms with Crippen LogP contribution in [-0.2, 0) is 11.4 Å². The van der Waals surface area contributed by atoms with Crippen molar-refractivity contribution in [3.63, 3.8) is 0 Å². The minimum atomic E-state index is -0.227. The van der Waals surface area contributed by atoms with Crippen LogP contribution in [0, 0.1) is 6.92 Å². The molecule has 0 aliphatic rings. The molecule has 3 aromatic carbocycles. The lowest BCUT2D eigenvalue weighted by atomic mass is 10.1. The summed E-state index contributed by atoms with van der Waals surface area (Å²) in [6, 6.07) is 23.7. The lowest BCUT2D eigenvalue weighted by Gasteiger charge is -2.10. The first-order valence-electron chi connectivity index (χ1n) is 10.4. The average molecular weight is 554 g/mol. The van der Waals surface area contributed by atoms with Gasteiger partial charge in [0, 0.05) is 15.6 Å². The Hall–Kier alpha value is -3.01. The maximum atomic E-state index is 12.2. The Bertz CT molecular complexity index is 1280. The van der Waals surface area contributed by atoms with E-state index in [-0.39, 0.29) is 11.7 Å². The number of hydrazone groups is 1. The number of aromatic nitrogens is 2. The SMILES string of the molecule is Cc1ccc(COc2ccc(Br)cc2/C=N/NC(=O)CSc2nnc(-c3ccccc3)s2)cc1. The van der Waals surface area contributed by atoms with Gasteiger partial charge in [0.15, 0.2) is 4.34 Å². The molecule has 1 aromatic heterocycles. The van der Waals surface area contributed by atoms with Crippen molar-refractivity contribution in [2.75, 3.05) is 5.75 Å². The third-order valence-electron chi connectivity index (χ3n) is 4.63. The van der Waals surface area contributed by atoms with E-state index in [0.29, 0.717) is 12.4 Å². The zero-order chi connectivity index (χ0) is 23.8. The molecule has 9 heteroatoms. The van der Waals surface area contributed by atoms with Crippen molar-refractivity contribution in [1.29, 1.82) is 0 Å². The second-order valence-corrected chi connectivity index (χ2v) is 10.4. The Morgan fingerprint density at radius 1 is 1.12 bits per heavy atom. The minimum Gasteiger partial charge on any atom is -0.488 e. The number of ether oxygens (including phenoxy) is 1. The molecule has 1 N–H and O–H groups in total. The Balaban J connectivity index is 1.30. The predicted molar refractivity (Wildman–Crippen MR) is 141 cm³/mol. The Morgan fingerprint density at radius 2 is 1.91 bits per heavy atom. The highest BCUT2D eigenvalue weighted by Gasteiger charge is 2.09. The monoisotopic (exact) mass is 552 g/mol. The predicted octanol–water partition coefficient (Wildman–Crippen LogP) is 6.10. The number of halogens is 1. The topological polar surface area (TPSA) is 76.5 Å². The fourth-order valence-corrected chi connectivity index (χ4v) is 4.92. The molecule has 1 amide bonds. The standard InChI is InChI=1S/C25H21BrN4O2S2/c1-17-7-9-18(10-8-17)15-32-22-12-11-21(26)13-20(22)14-27-28-23(31)16-33-25-30-29-24(34-25)19-5-3-2-4-6-19/h2-14H,15-16H2,1H3,(H,28,31)/b27-14+. The smallest absolute Gasteiger partial charge is 0.250 e. The van der Waals surface area contributed by atoms with E-state index in [0.717, 1.165) is 30.5 Å². The lowest BCUT2D eigenvalue weighted by molar-refractivity contribution is -0.118. The van der Waals surface area contributed by atoms with Gasteiger partial charge in [-0.25, -0.2) is 5.43 Å². The number of carbonyl (C=O) groups excluding carboxylic acids is 1. The zero-order valence-corrected chi connectivity index (χ0v) is 21.5. The van der Waals surface area contributed by atoms with Gasteiger partial charge in [-0.3, -0.25) is 4.79 Å². The van der Waals surface area contributed by atoms with Crippen molar-refractivity contribution in [3.05, 3.63) is 94.0 Å². The Morgan fingerprint density at radius 3 is 2.71 bits per heavy atom. The molecule has 0 spiro atoms. The first-order chi connectivity index (χ1) is 16.6. The molecule has 0 bridgehead atoms. The molecule has 0 unspecified atom stereocenters. The summed E-state index contributed by atoms with van der Waals surface area (Å²) >= 11 is 6.26. The van der Waals surface area contributed by atoms with E-state index < -0.39 is 0 Å². The average Bonchev–Trinajstić information content (AvgIpc) is 3.33. The zero-order valence-electron chi connectivity index (χ0n) is 18.3. The molecular weight excluding hydrogens is 532 g/mol. The number of hydrogen-bond donors (Lipinski definition) is 1. The molecule has 0 atom stereocenters. The van der Waals surface area contributed by atoms with Crippen molar-refractivity contribution in [2.24, 2.45) is 5.10 Å². The maximum absolute atomic E-state index is 12.2. The molecule has 0 saturated carbocycles. The number of hydrogen-bond acceptors (Lipinski definition) is 7. The van der Waals surface area contributed by atoms with Crippen molar-refractivity contribution >= 4 is 51.2 Å². The van der Waals surface area contributed by atoms with E-state index in [4.69, 9.17) is 4.74 Å². The number of aryl methyl sites for hydroxylation is 1. The van der Waals surface area contributed by atoms with E-state index in [1.165, 1.54) is 28.7 Å². The quantitative estimate of drug-likeness (QED) is 0.154. The number of nitrogens with zero attached hydrogens (tertiary/aromatic N) is 3. The summed E-state index contributed by atoms with van der Waals surface area (Å²) in [6.45, 7) is 2.50. The van der Waals surface area contributed by atoms with Gasteiger partial charge in [-0.05, 0) is 30.7 Å². The van der Waals surface area contributed by atoms with Crippen LogP contribution in [0.2, 0.25) is 0 Å². The summed E-state index contributed by atoms with van der Waals surface area (Å²) in [5.41, 5.74) is 6.61. The molecule has 0 aliphatic carbocycles. The molecule has 34 heavy (non-hydrogen) atoms. The summed E-state index contributed by atoms with van der Waals surface area (Å²) < 4.78 is 7.60. The van der Waals surface area contributed by atoms with Crippen molar-refractivity contribution in [3.8, 4) is 16.3 Å². The van der Waals surface area contributed by atoms with Gasteiger partial charge in [0.05, 0.1) is 12.0 Å². The number of benzene rings is 3. The number of nitrogens with one attached hydrogen (secondary N) is 1. The van der Waals surface area contributed by atoms with E-state index in [1.54, 1.807) is 6.21 Å². The van der Waals surface area contributed by atoms with Gasteiger partial charge < -0.3 is 4.74 Å². The number of thioether (sulfide) groups is 1. The fourth-order valence-electron chi connectivity index (χ4n) is 2.90. The molecule has 172 valence electrons. The van der Waals surface area contributed by atoms with E-state index >= 15 is 0 Å². The number of carbonyl (C=O) groups is 1. The van der Waals surface area contributed by atoms with Gasteiger partial charge in [-0.2, -0.15) is 5.10 Å². The van der Waals surface area contributed by atoms with Crippen molar-refractivity contribution in [1.82, 2.24) is 15.6 Å². The Kier molecular flexibility index (Phi) is 8.46. The largest absolute Gasteiger partial charge is 0.488 e. The molecule has 4 rings (SSSR count). The summed E-state index contributed by atoms with van der Waals surface area (Å²) in [5, 5.41) is 13.3. The fraction of sp³-hybridized carbons (Fsp3) is 0.120. The van der Waals surface area contributed by atoms with Crippen LogP contribution in [0.3, 0.4) is 0 Å². The second-order valence-electron chi connectivity index (χ2n) is 7.28. The molecule has 6 nitrogen and oxygen atoms in total. The van der Waals surface area contributed by atoms with Gasteiger partial charge in [0.1, 0.15) is 17.4 Å². The van der Waals surface area contributed by atoms with Crippen molar-refractivity contribution < 1.29 is 9.53 Å². The molecule has 1 heterocycles.